The van der Waals surface area contributed by atoms with Gasteiger partial charge in [-0.25, -0.2) is 18.4 Å². The van der Waals surface area contributed by atoms with Crippen molar-refractivity contribution in [3.05, 3.63) is 77.6 Å². The molecule has 4 aromatic rings. The topological polar surface area (TPSA) is 105 Å². The van der Waals surface area contributed by atoms with E-state index in [1.165, 1.54) is 31.7 Å². The molecule has 0 bridgehead atoms. The number of benzene rings is 1. The van der Waals surface area contributed by atoms with E-state index in [-0.39, 0.29) is 22.9 Å². The summed E-state index contributed by atoms with van der Waals surface area (Å²) in [6.07, 6.45) is 8.10. The van der Waals surface area contributed by atoms with Gasteiger partial charge in [0.05, 0.1) is 34.0 Å². The quantitative estimate of drug-likeness (QED) is 0.377. The van der Waals surface area contributed by atoms with E-state index in [2.05, 4.69) is 21.3 Å². The van der Waals surface area contributed by atoms with Crippen molar-refractivity contribution in [3.63, 3.8) is 0 Å². The first kappa shape index (κ1) is 25.4. The smallest absolute Gasteiger partial charge is 0.251 e. The Morgan fingerprint density at radius 1 is 1.03 bits per heavy atom. The van der Waals surface area contributed by atoms with Crippen LogP contribution in [0.3, 0.4) is 0 Å². The van der Waals surface area contributed by atoms with E-state index in [1.54, 1.807) is 25.3 Å². The molecule has 200 valence electrons. The Balaban J connectivity index is 1.20. The van der Waals surface area contributed by atoms with Crippen LogP contribution in [0.5, 0.6) is 0 Å². The second-order valence-electron chi connectivity index (χ2n) is 10.9. The van der Waals surface area contributed by atoms with Gasteiger partial charge in [-0.1, -0.05) is 12.1 Å². The van der Waals surface area contributed by atoms with Crippen LogP contribution in [0.4, 0.5) is 5.82 Å². The molecule has 9 heteroatoms. The third-order valence-corrected chi connectivity index (χ3v) is 9.09. The lowest BCUT2D eigenvalue weighted by Crippen LogP contribution is -2.36. The zero-order valence-corrected chi connectivity index (χ0v) is 23.0. The summed E-state index contributed by atoms with van der Waals surface area (Å²) in [5.74, 6) is 0.642. The van der Waals surface area contributed by atoms with Crippen LogP contribution in [-0.2, 0) is 16.4 Å². The molecule has 1 aromatic carbocycles. The molecule has 1 spiro atoms. The average molecular weight is 542 g/mol. The SMILES string of the molecule is Cc1ccc(C(=O)NCc2cc3nc(-c4cccc(N5CCCC6(CC6)C5)n4)ccc3cn2)cc1S(C)(=O)=O. The van der Waals surface area contributed by atoms with Crippen LogP contribution in [0.25, 0.3) is 22.3 Å². The van der Waals surface area contributed by atoms with Gasteiger partial charge in [0.15, 0.2) is 9.84 Å². The van der Waals surface area contributed by atoms with Crippen molar-refractivity contribution in [2.24, 2.45) is 5.41 Å². The number of anilines is 1. The number of aromatic nitrogens is 3. The molecule has 0 unspecified atom stereocenters. The minimum absolute atomic E-state index is 0.153. The zero-order chi connectivity index (χ0) is 27.2. The number of nitrogens with zero attached hydrogens (tertiary/aromatic N) is 4. The standard InChI is InChI=1S/C30H31N5O3S/c1-20-7-8-21(15-27(20)39(2,37)38)29(36)32-18-23-16-26-22(17-31-23)9-10-25(33-26)24-5-3-6-28(34-24)35-14-4-11-30(19-35)12-13-30/h3,5-10,15-17H,4,11-14,18-19H2,1-2H3,(H,32,36). The summed E-state index contributed by atoms with van der Waals surface area (Å²) in [5, 5.41) is 3.73. The number of aryl methyl sites for hydroxylation is 1. The van der Waals surface area contributed by atoms with Crippen molar-refractivity contribution in [2.75, 3.05) is 24.2 Å². The summed E-state index contributed by atoms with van der Waals surface area (Å²) in [6.45, 7) is 4.03. The zero-order valence-electron chi connectivity index (χ0n) is 22.1. The molecule has 2 fully saturated rings. The lowest BCUT2D eigenvalue weighted by Gasteiger charge is -2.34. The maximum atomic E-state index is 12.8. The molecule has 1 aliphatic carbocycles. The molecule has 0 radical (unpaired) electrons. The van der Waals surface area contributed by atoms with E-state index in [4.69, 9.17) is 9.97 Å². The van der Waals surface area contributed by atoms with Gasteiger partial charge < -0.3 is 10.2 Å². The van der Waals surface area contributed by atoms with Crippen LogP contribution >= 0.6 is 0 Å². The highest BCUT2D eigenvalue weighted by Gasteiger charge is 2.45. The average Bonchev–Trinajstić information content (AvgIpc) is 3.68. The van der Waals surface area contributed by atoms with Gasteiger partial charge in [-0.15, -0.1) is 0 Å². The number of piperidine rings is 1. The lowest BCUT2D eigenvalue weighted by molar-refractivity contribution is 0.0950. The van der Waals surface area contributed by atoms with Gasteiger partial charge >= 0.3 is 0 Å². The number of hydrogen-bond acceptors (Lipinski definition) is 7. The maximum Gasteiger partial charge on any atom is 0.251 e. The van der Waals surface area contributed by atoms with Gasteiger partial charge in [-0.3, -0.25) is 9.78 Å². The van der Waals surface area contributed by atoms with Gasteiger partial charge in [0.2, 0.25) is 0 Å². The van der Waals surface area contributed by atoms with Crippen molar-refractivity contribution in [3.8, 4) is 11.4 Å². The minimum Gasteiger partial charge on any atom is -0.356 e. The Morgan fingerprint density at radius 2 is 1.85 bits per heavy atom. The van der Waals surface area contributed by atoms with E-state index < -0.39 is 9.84 Å². The monoisotopic (exact) mass is 541 g/mol. The summed E-state index contributed by atoms with van der Waals surface area (Å²) in [5.41, 5.74) is 4.45. The van der Waals surface area contributed by atoms with Crippen molar-refractivity contribution >= 4 is 32.5 Å². The largest absolute Gasteiger partial charge is 0.356 e. The highest BCUT2D eigenvalue weighted by molar-refractivity contribution is 7.90. The number of pyridine rings is 3. The second-order valence-corrected chi connectivity index (χ2v) is 12.9. The molecule has 6 rings (SSSR count). The van der Waals surface area contributed by atoms with E-state index in [1.807, 2.05) is 30.3 Å². The number of carbonyl (C=O) groups excluding carboxylic acids is 1. The summed E-state index contributed by atoms with van der Waals surface area (Å²) in [6, 6.07) is 16.6. The number of carbonyl (C=O) groups is 1. The molecule has 1 amide bonds. The maximum absolute atomic E-state index is 12.8. The number of rotatable bonds is 6. The number of fused-ring (bicyclic) bond motifs is 1. The molecule has 0 atom stereocenters. The molecule has 1 N–H and O–H groups in total. The second kappa shape index (κ2) is 9.72. The molecule has 4 heterocycles. The Kier molecular flexibility index (Phi) is 6.33. The van der Waals surface area contributed by atoms with Gasteiger partial charge in [0, 0.05) is 36.5 Å². The van der Waals surface area contributed by atoms with Gasteiger partial charge in [-0.05, 0) is 86.1 Å². The first-order chi connectivity index (χ1) is 18.7. The predicted octanol–water partition coefficient (Wildman–Crippen LogP) is 4.71. The summed E-state index contributed by atoms with van der Waals surface area (Å²) >= 11 is 0. The molecule has 2 aliphatic rings. The number of sulfone groups is 1. The van der Waals surface area contributed by atoms with E-state index >= 15 is 0 Å². The van der Waals surface area contributed by atoms with Crippen LogP contribution < -0.4 is 10.2 Å². The fraction of sp³-hybridized carbons (Fsp3) is 0.333. The fourth-order valence-electron chi connectivity index (χ4n) is 5.44. The number of hydrogen-bond donors (Lipinski definition) is 1. The molecule has 1 aliphatic heterocycles. The third-order valence-electron chi connectivity index (χ3n) is 7.85. The van der Waals surface area contributed by atoms with E-state index in [0.29, 0.717) is 16.7 Å². The molecule has 39 heavy (non-hydrogen) atoms. The highest BCUT2D eigenvalue weighted by atomic mass is 32.2. The predicted molar refractivity (Wildman–Crippen MR) is 151 cm³/mol. The highest BCUT2D eigenvalue weighted by Crippen LogP contribution is 2.52. The van der Waals surface area contributed by atoms with Gasteiger partial charge in [0.1, 0.15) is 5.82 Å². The Bertz CT molecular complexity index is 1700. The number of amides is 1. The van der Waals surface area contributed by atoms with E-state index in [0.717, 1.165) is 47.5 Å². The van der Waals surface area contributed by atoms with E-state index in [9.17, 15) is 13.2 Å². The molecular weight excluding hydrogens is 510 g/mol. The molecular formula is C30H31N5O3S. The van der Waals surface area contributed by atoms with Crippen LogP contribution in [0, 0.1) is 12.3 Å². The van der Waals surface area contributed by atoms with Crippen LogP contribution in [0.2, 0.25) is 0 Å². The number of nitrogens with one attached hydrogen (secondary N) is 1. The van der Waals surface area contributed by atoms with Crippen LogP contribution in [-0.4, -0.2) is 48.6 Å². The lowest BCUT2D eigenvalue weighted by atomic mass is 9.95. The Morgan fingerprint density at radius 3 is 2.64 bits per heavy atom. The Labute approximate surface area is 228 Å². The molecule has 1 saturated carbocycles. The van der Waals surface area contributed by atoms with Gasteiger partial charge in [0.25, 0.3) is 5.91 Å². The molecule has 3 aromatic heterocycles. The third kappa shape index (κ3) is 5.36. The first-order valence-corrected chi connectivity index (χ1v) is 15.2. The molecule has 1 saturated heterocycles. The van der Waals surface area contributed by atoms with Crippen molar-refractivity contribution in [2.45, 2.75) is 44.0 Å². The first-order valence-electron chi connectivity index (χ1n) is 13.3. The van der Waals surface area contributed by atoms with Crippen molar-refractivity contribution in [1.29, 1.82) is 0 Å². The minimum atomic E-state index is -3.43. The molecule has 8 nitrogen and oxygen atoms in total. The fourth-order valence-corrected chi connectivity index (χ4v) is 6.44. The van der Waals surface area contributed by atoms with Crippen molar-refractivity contribution < 1.29 is 13.2 Å². The van der Waals surface area contributed by atoms with Gasteiger partial charge in [-0.2, -0.15) is 0 Å². The Hall–Kier alpha value is -3.85. The summed E-state index contributed by atoms with van der Waals surface area (Å²) in [4.78, 5) is 29.6. The summed E-state index contributed by atoms with van der Waals surface area (Å²) < 4.78 is 24.1. The summed E-state index contributed by atoms with van der Waals surface area (Å²) in [7, 11) is -3.43. The van der Waals surface area contributed by atoms with Crippen LogP contribution in [0.15, 0.2) is 65.7 Å². The van der Waals surface area contributed by atoms with Crippen LogP contribution in [0.1, 0.15) is 47.3 Å². The van der Waals surface area contributed by atoms with Crippen molar-refractivity contribution in [1.82, 2.24) is 20.3 Å². The normalized spacial score (nSPS) is 16.4.